The molecule has 2 aromatic rings. The lowest BCUT2D eigenvalue weighted by Crippen LogP contribution is -2.52. The molecule has 1 saturated heterocycles. The Kier molecular flexibility index (Phi) is 6.35. The summed E-state index contributed by atoms with van der Waals surface area (Å²) in [6.45, 7) is 0. The molecule has 4 rings (SSSR count). The molecule has 2 aliphatic rings. The van der Waals surface area contributed by atoms with Gasteiger partial charge in [0.2, 0.25) is 5.91 Å². The Balaban J connectivity index is 1.70. The van der Waals surface area contributed by atoms with E-state index in [2.05, 4.69) is 23.5 Å². The largest absolute Gasteiger partial charge is 0.469 e. The van der Waals surface area contributed by atoms with Crippen molar-refractivity contribution in [3.05, 3.63) is 69.7 Å². The lowest BCUT2D eigenvalue weighted by molar-refractivity contribution is -0.145. The van der Waals surface area contributed by atoms with E-state index in [9.17, 15) is 9.59 Å². The van der Waals surface area contributed by atoms with Crippen LogP contribution < -0.4 is 5.32 Å². The molecular weight excluding hydrogens is 421 g/mol. The Morgan fingerprint density at radius 1 is 1.13 bits per heavy atom. The topological polar surface area (TPSA) is 55.4 Å². The van der Waals surface area contributed by atoms with E-state index >= 15 is 0 Å². The molecule has 4 nitrogen and oxygen atoms in total. The summed E-state index contributed by atoms with van der Waals surface area (Å²) in [5, 5.41) is 4.64. The molecule has 2 aromatic carbocycles. The molecule has 1 amide bonds. The average molecular weight is 446 g/mol. The van der Waals surface area contributed by atoms with Gasteiger partial charge in [-0.2, -0.15) is 0 Å². The first kappa shape index (κ1) is 21.2. The van der Waals surface area contributed by atoms with Gasteiger partial charge in [0.1, 0.15) is 0 Å². The van der Waals surface area contributed by atoms with Gasteiger partial charge >= 0.3 is 5.97 Å². The van der Waals surface area contributed by atoms with Crippen LogP contribution in [-0.4, -0.2) is 25.0 Å². The van der Waals surface area contributed by atoms with Crippen molar-refractivity contribution in [3.63, 3.8) is 0 Å². The van der Waals surface area contributed by atoms with E-state index in [0.29, 0.717) is 22.4 Å². The molecule has 158 valence electrons. The SMILES string of the molecule is COC(=O)C[C@H]1C[C@H](c2cccc(Cl)c2)[C@@H](C(c2ccc(Cl)cc2)C2CC2)NC1=O. The summed E-state index contributed by atoms with van der Waals surface area (Å²) in [6.07, 6.45) is 2.96. The first-order valence-electron chi connectivity index (χ1n) is 10.3. The van der Waals surface area contributed by atoms with Crippen molar-refractivity contribution in [2.24, 2.45) is 11.8 Å². The summed E-state index contributed by atoms with van der Waals surface area (Å²) < 4.78 is 4.81. The molecule has 0 aromatic heterocycles. The zero-order chi connectivity index (χ0) is 21.3. The van der Waals surface area contributed by atoms with E-state index in [1.165, 1.54) is 12.7 Å². The predicted octanol–water partition coefficient (Wildman–Crippen LogP) is 5.34. The highest BCUT2D eigenvalue weighted by Gasteiger charge is 2.46. The maximum Gasteiger partial charge on any atom is 0.306 e. The van der Waals surface area contributed by atoms with Crippen LogP contribution in [0.2, 0.25) is 10.0 Å². The molecule has 1 aliphatic heterocycles. The zero-order valence-electron chi connectivity index (χ0n) is 16.8. The van der Waals surface area contributed by atoms with E-state index in [4.69, 9.17) is 27.9 Å². The summed E-state index contributed by atoms with van der Waals surface area (Å²) in [5.41, 5.74) is 2.27. The highest BCUT2D eigenvalue weighted by molar-refractivity contribution is 6.30. The summed E-state index contributed by atoms with van der Waals surface area (Å²) in [7, 11) is 1.35. The number of rotatable bonds is 6. The van der Waals surface area contributed by atoms with Gasteiger partial charge in [-0.15, -0.1) is 0 Å². The second kappa shape index (κ2) is 8.99. The number of benzene rings is 2. The molecular formula is C24H25Cl2NO3. The molecule has 1 unspecified atom stereocenters. The molecule has 1 saturated carbocycles. The Morgan fingerprint density at radius 2 is 1.87 bits per heavy atom. The summed E-state index contributed by atoms with van der Waals surface area (Å²) >= 11 is 12.4. The normalized spacial score (nSPS) is 24.8. The number of amides is 1. The van der Waals surface area contributed by atoms with Crippen molar-refractivity contribution in [2.45, 2.75) is 43.6 Å². The van der Waals surface area contributed by atoms with Crippen LogP contribution in [0, 0.1) is 11.8 Å². The fraction of sp³-hybridized carbons (Fsp3) is 0.417. The summed E-state index contributed by atoms with van der Waals surface area (Å²) in [5.74, 6) is -0.0946. The first-order valence-corrected chi connectivity index (χ1v) is 11.1. The van der Waals surface area contributed by atoms with Gasteiger partial charge in [0.25, 0.3) is 0 Å². The van der Waals surface area contributed by atoms with Gasteiger partial charge in [0.05, 0.1) is 13.5 Å². The van der Waals surface area contributed by atoms with Crippen LogP contribution in [0.1, 0.15) is 48.6 Å². The Bertz CT molecular complexity index is 926. The number of halogens is 2. The van der Waals surface area contributed by atoms with E-state index in [-0.39, 0.29) is 36.2 Å². The van der Waals surface area contributed by atoms with Crippen LogP contribution >= 0.6 is 23.2 Å². The quantitative estimate of drug-likeness (QED) is 0.610. The number of esters is 1. The molecule has 6 heteroatoms. The fourth-order valence-electron chi connectivity index (χ4n) is 4.74. The third kappa shape index (κ3) is 4.65. The number of piperidine rings is 1. The van der Waals surface area contributed by atoms with Crippen molar-refractivity contribution in [1.29, 1.82) is 0 Å². The van der Waals surface area contributed by atoms with Crippen LogP contribution in [0.5, 0.6) is 0 Å². The summed E-state index contributed by atoms with van der Waals surface area (Å²) in [4.78, 5) is 24.8. The first-order chi connectivity index (χ1) is 14.5. The maximum atomic E-state index is 13.0. The number of nitrogens with one attached hydrogen (secondary N) is 1. The van der Waals surface area contributed by atoms with E-state index in [1.807, 2.05) is 30.3 Å². The third-order valence-corrected chi connectivity index (χ3v) is 6.83. The van der Waals surface area contributed by atoms with Crippen molar-refractivity contribution in [2.75, 3.05) is 7.11 Å². The third-order valence-electron chi connectivity index (χ3n) is 6.34. The molecule has 1 heterocycles. The minimum absolute atomic E-state index is 0.0531. The molecule has 4 atom stereocenters. The molecule has 0 bridgehead atoms. The molecule has 1 aliphatic carbocycles. The van der Waals surface area contributed by atoms with Crippen molar-refractivity contribution < 1.29 is 14.3 Å². The number of carbonyl (C=O) groups excluding carboxylic acids is 2. The van der Waals surface area contributed by atoms with Crippen LogP contribution in [0.3, 0.4) is 0 Å². The highest BCUT2D eigenvalue weighted by Crippen LogP contribution is 2.50. The maximum absolute atomic E-state index is 13.0. The number of carbonyl (C=O) groups is 2. The average Bonchev–Trinajstić information content (AvgIpc) is 3.56. The monoisotopic (exact) mass is 445 g/mol. The second-order valence-electron chi connectivity index (χ2n) is 8.32. The van der Waals surface area contributed by atoms with Gasteiger partial charge in [0, 0.05) is 33.8 Å². The second-order valence-corrected chi connectivity index (χ2v) is 9.20. The van der Waals surface area contributed by atoms with Gasteiger partial charge in [-0.25, -0.2) is 0 Å². The minimum Gasteiger partial charge on any atom is -0.469 e. The van der Waals surface area contributed by atoms with Gasteiger partial charge < -0.3 is 10.1 Å². The van der Waals surface area contributed by atoms with Gasteiger partial charge in [-0.3, -0.25) is 9.59 Å². The lowest BCUT2D eigenvalue weighted by Gasteiger charge is -2.41. The van der Waals surface area contributed by atoms with Crippen molar-refractivity contribution in [1.82, 2.24) is 5.32 Å². The van der Waals surface area contributed by atoms with Crippen molar-refractivity contribution in [3.8, 4) is 0 Å². The number of ether oxygens (including phenoxy) is 1. The number of hydrogen-bond donors (Lipinski definition) is 1. The van der Waals surface area contributed by atoms with Crippen molar-refractivity contribution >= 4 is 35.1 Å². The number of methoxy groups -OCH3 is 1. The lowest BCUT2D eigenvalue weighted by atomic mass is 9.71. The molecule has 1 N–H and O–H groups in total. The standard InChI is InChI=1S/C24H25Cl2NO3/c1-30-21(28)13-17-12-20(16-3-2-4-19(26)11-16)23(27-24(17)29)22(14-5-6-14)15-7-9-18(25)10-8-15/h2-4,7-11,14,17,20,22-23H,5-6,12-13H2,1H3,(H,27,29)/t17-,20-,22?,23+/m1/s1. The highest BCUT2D eigenvalue weighted by atomic mass is 35.5. The number of hydrogen-bond acceptors (Lipinski definition) is 3. The van der Waals surface area contributed by atoms with Crippen LogP contribution in [-0.2, 0) is 14.3 Å². The zero-order valence-corrected chi connectivity index (χ0v) is 18.3. The predicted molar refractivity (Wildman–Crippen MR) is 118 cm³/mol. The molecule has 0 spiro atoms. The van der Waals surface area contributed by atoms with E-state index in [1.54, 1.807) is 0 Å². The molecule has 2 fully saturated rings. The van der Waals surface area contributed by atoms with Gasteiger partial charge in [-0.05, 0) is 60.6 Å². The van der Waals surface area contributed by atoms with Crippen LogP contribution in [0.4, 0.5) is 0 Å². The minimum atomic E-state index is -0.414. The Labute approximate surface area is 186 Å². The van der Waals surface area contributed by atoms with Crippen LogP contribution in [0.15, 0.2) is 48.5 Å². The van der Waals surface area contributed by atoms with E-state index in [0.717, 1.165) is 18.4 Å². The van der Waals surface area contributed by atoms with Gasteiger partial charge in [-0.1, -0.05) is 47.5 Å². The fourth-order valence-corrected chi connectivity index (χ4v) is 5.06. The van der Waals surface area contributed by atoms with E-state index < -0.39 is 5.92 Å². The Morgan fingerprint density at radius 3 is 2.50 bits per heavy atom. The summed E-state index contributed by atoms with van der Waals surface area (Å²) in [6, 6.07) is 15.7. The molecule has 30 heavy (non-hydrogen) atoms. The Hall–Kier alpha value is -2.04. The van der Waals surface area contributed by atoms with Gasteiger partial charge in [0.15, 0.2) is 0 Å². The van der Waals surface area contributed by atoms with Crippen LogP contribution in [0.25, 0.3) is 0 Å². The smallest absolute Gasteiger partial charge is 0.306 e. The molecule has 0 radical (unpaired) electrons.